The van der Waals surface area contributed by atoms with Gasteiger partial charge in [-0.2, -0.15) is 0 Å². The maximum absolute atomic E-state index is 12.3. The van der Waals surface area contributed by atoms with Crippen molar-refractivity contribution in [1.29, 1.82) is 0 Å². The number of aryl methyl sites for hydroxylation is 4. The van der Waals surface area contributed by atoms with Gasteiger partial charge in [-0.3, -0.25) is 14.4 Å². The summed E-state index contributed by atoms with van der Waals surface area (Å²) in [5, 5.41) is 17.1. The molecule has 57 heavy (non-hydrogen) atoms. The first-order valence-electron chi connectivity index (χ1n) is 18.1. The summed E-state index contributed by atoms with van der Waals surface area (Å²) in [6, 6.07) is 12.3. The van der Waals surface area contributed by atoms with Crippen LogP contribution in [0.3, 0.4) is 0 Å². The molecule has 4 N–H and O–H groups in total. The average molecular weight is 858 g/mol. The van der Waals surface area contributed by atoms with Crippen LogP contribution in [0.5, 0.6) is 0 Å². The van der Waals surface area contributed by atoms with Crippen molar-refractivity contribution in [3.63, 3.8) is 0 Å². The van der Waals surface area contributed by atoms with Gasteiger partial charge in [0.15, 0.2) is 0 Å². The Morgan fingerprint density at radius 2 is 1.26 bits per heavy atom. The highest BCUT2D eigenvalue weighted by Crippen LogP contribution is 2.24. The number of halogens is 2. The number of thiophene rings is 2. The van der Waals surface area contributed by atoms with Crippen LogP contribution in [0.15, 0.2) is 60.9 Å². The van der Waals surface area contributed by atoms with E-state index in [1.54, 1.807) is 34.6 Å². The molecule has 4 aromatic rings. The standard InChI is InChI=1S/C20H21N3O3S.C11H10N2O3.C9H13NOS.2ClH/c1-13-2-5-17(27-13)12-26-16-10-23(11-16)19(25)7-3-14-8-15-4-6-18(24)22-20(15)21-9-14;14-9-3-2-8-5-7(1-4-10(15)16)6-12-11(8)13-9;1-7-2-3-9(12-7)6-11-8-4-10-5-8;;/h2-3,5,7-9,16H,4,6,10-12H2,1H3,(H,21,22,24);1,4-6H,2-3H2,(H,15,16)(H,12,13,14);2-3,8,10H,4-6H2,1H3;2*1H/b7-3+;4-1+;;;. The molecule has 3 amide bonds. The van der Waals surface area contributed by atoms with E-state index in [9.17, 15) is 19.2 Å². The van der Waals surface area contributed by atoms with Crippen molar-refractivity contribution in [2.45, 2.75) is 65.0 Å². The van der Waals surface area contributed by atoms with E-state index >= 15 is 0 Å². The van der Waals surface area contributed by atoms with Gasteiger partial charge in [-0.1, -0.05) is 0 Å². The minimum absolute atomic E-state index is 0. The summed E-state index contributed by atoms with van der Waals surface area (Å²) in [4.78, 5) is 60.4. The molecule has 2 fully saturated rings. The molecule has 0 unspecified atom stereocenters. The molecule has 4 aliphatic heterocycles. The minimum Gasteiger partial charge on any atom is -0.478 e. The number of hydrogen-bond acceptors (Lipinski definition) is 11. The first-order chi connectivity index (χ1) is 26.6. The summed E-state index contributed by atoms with van der Waals surface area (Å²) < 4.78 is 11.5. The van der Waals surface area contributed by atoms with Crippen molar-refractivity contribution in [2.24, 2.45) is 0 Å². The summed E-state index contributed by atoms with van der Waals surface area (Å²) in [6.45, 7) is 8.89. The number of aromatic nitrogens is 2. The van der Waals surface area contributed by atoms with Crippen LogP contribution in [0.1, 0.15) is 54.6 Å². The summed E-state index contributed by atoms with van der Waals surface area (Å²) in [5.74, 6) is 0.145. The molecular formula is C40H46Cl2N6O7S2. The predicted molar refractivity (Wildman–Crippen MR) is 227 cm³/mol. The number of anilines is 2. The van der Waals surface area contributed by atoms with E-state index in [-0.39, 0.29) is 48.6 Å². The number of fused-ring (bicyclic) bond motifs is 2. The molecule has 8 rings (SSSR count). The monoisotopic (exact) mass is 856 g/mol. The van der Waals surface area contributed by atoms with E-state index in [1.165, 1.54) is 31.8 Å². The lowest BCUT2D eigenvalue weighted by Crippen LogP contribution is -2.54. The van der Waals surface area contributed by atoms with E-state index in [4.69, 9.17) is 14.6 Å². The zero-order valence-electron chi connectivity index (χ0n) is 31.5. The van der Waals surface area contributed by atoms with Gasteiger partial charge in [0.25, 0.3) is 0 Å². The van der Waals surface area contributed by atoms with Crippen molar-refractivity contribution in [3.8, 4) is 0 Å². The van der Waals surface area contributed by atoms with Crippen LogP contribution < -0.4 is 16.0 Å². The van der Waals surface area contributed by atoms with Crippen molar-refractivity contribution in [1.82, 2.24) is 20.2 Å². The first kappa shape index (κ1) is 45.2. The molecule has 4 aromatic heterocycles. The molecule has 0 spiro atoms. The normalized spacial score (nSPS) is 15.9. The smallest absolute Gasteiger partial charge is 0.328 e. The molecule has 4 aliphatic rings. The van der Waals surface area contributed by atoms with E-state index in [2.05, 4.69) is 64.0 Å². The zero-order chi connectivity index (χ0) is 38.7. The number of carbonyl (C=O) groups is 4. The Hall–Kier alpha value is -4.48. The zero-order valence-corrected chi connectivity index (χ0v) is 34.8. The quantitative estimate of drug-likeness (QED) is 0.134. The maximum atomic E-state index is 12.3. The number of likely N-dealkylation sites (tertiary alicyclic amines) is 1. The number of hydrogen-bond donors (Lipinski definition) is 4. The molecule has 17 heteroatoms. The molecule has 0 radical (unpaired) electrons. The number of carboxylic acid groups (broad SMARTS) is 1. The molecule has 0 bridgehead atoms. The van der Waals surface area contributed by atoms with Gasteiger partial charge in [0.1, 0.15) is 11.6 Å². The van der Waals surface area contributed by atoms with Crippen LogP contribution in [-0.2, 0) is 54.7 Å². The number of aliphatic carboxylic acids is 1. The fraction of sp³-hybridized carbons (Fsp3) is 0.350. The summed E-state index contributed by atoms with van der Waals surface area (Å²) in [7, 11) is 0. The fourth-order valence-corrected chi connectivity index (χ4v) is 7.43. The lowest BCUT2D eigenvalue weighted by Gasteiger charge is -2.38. The van der Waals surface area contributed by atoms with E-state index in [1.807, 2.05) is 23.5 Å². The molecule has 0 aromatic carbocycles. The molecule has 13 nitrogen and oxygen atoms in total. The number of nitrogens with zero attached hydrogens (tertiary/aromatic N) is 3. The minimum atomic E-state index is -0.994. The van der Waals surface area contributed by atoms with Crippen molar-refractivity contribution < 1.29 is 33.8 Å². The van der Waals surface area contributed by atoms with Gasteiger partial charge >= 0.3 is 5.97 Å². The van der Waals surface area contributed by atoms with Gasteiger partial charge in [-0.25, -0.2) is 14.8 Å². The highest BCUT2D eigenvalue weighted by Gasteiger charge is 2.30. The van der Waals surface area contributed by atoms with Crippen LogP contribution in [0.2, 0.25) is 0 Å². The number of carboxylic acids is 1. The van der Waals surface area contributed by atoms with Crippen LogP contribution in [0.25, 0.3) is 12.2 Å². The SMILES string of the molecule is Cc1ccc(COC2CN(C(=O)/C=C/c3cnc4c(c3)CCC(=O)N4)C2)s1.Cc1ccc(COC2CNC2)s1.Cl.Cl.O=C(O)/C=C/c1cnc2c(c1)CCC(=O)N2. The Balaban J connectivity index is 0.000000204. The lowest BCUT2D eigenvalue weighted by atomic mass is 10.0. The van der Waals surface area contributed by atoms with Gasteiger partial charge in [0.05, 0.1) is 25.4 Å². The molecule has 0 aliphatic carbocycles. The summed E-state index contributed by atoms with van der Waals surface area (Å²) in [6.07, 6.45) is 11.9. The number of nitrogens with one attached hydrogen (secondary N) is 3. The predicted octanol–water partition coefficient (Wildman–Crippen LogP) is 6.23. The molecule has 0 saturated carbocycles. The number of rotatable bonds is 10. The van der Waals surface area contributed by atoms with Crippen LogP contribution in [0, 0.1) is 13.8 Å². The second kappa shape index (κ2) is 21.9. The van der Waals surface area contributed by atoms with E-state index in [0.717, 1.165) is 48.0 Å². The average Bonchev–Trinajstić information content (AvgIpc) is 3.75. The Morgan fingerprint density at radius 3 is 1.70 bits per heavy atom. The molecule has 8 heterocycles. The largest absolute Gasteiger partial charge is 0.478 e. The number of amides is 3. The fourth-order valence-electron chi connectivity index (χ4n) is 5.80. The van der Waals surface area contributed by atoms with Gasteiger partial charge in [0, 0.05) is 83.1 Å². The molecular weight excluding hydrogens is 812 g/mol. The second-order valence-corrected chi connectivity index (χ2v) is 16.2. The van der Waals surface area contributed by atoms with Crippen LogP contribution >= 0.6 is 47.5 Å². The molecule has 2 saturated heterocycles. The Morgan fingerprint density at radius 1 is 0.772 bits per heavy atom. The Kier molecular flexibility index (Phi) is 17.4. The second-order valence-electron chi connectivity index (χ2n) is 13.4. The van der Waals surface area contributed by atoms with Crippen molar-refractivity contribution in [3.05, 3.63) is 103 Å². The number of pyridine rings is 2. The van der Waals surface area contributed by atoms with Crippen molar-refractivity contribution >= 4 is 95.0 Å². The third-order valence-electron chi connectivity index (χ3n) is 8.99. The summed E-state index contributed by atoms with van der Waals surface area (Å²) >= 11 is 3.56. The Bertz CT molecular complexity index is 2080. The van der Waals surface area contributed by atoms with Gasteiger partial charge in [0.2, 0.25) is 17.7 Å². The van der Waals surface area contributed by atoms with E-state index in [0.29, 0.717) is 63.1 Å². The topological polar surface area (TPSA) is 172 Å². The van der Waals surface area contributed by atoms with Gasteiger partial charge < -0.3 is 35.4 Å². The highest BCUT2D eigenvalue weighted by atomic mass is 35.5. The third-order valence-corrected chi connectivity index (χ3v) is 10.9. The summed E-state index contributed by atoms with van der Waals surface area (Å²) in [5.41, 5.74) is 3.52. The van der Waals surface area contributed by atoms with Gasteiger partial charge in [-0.05, 0) is 97.5 Å². The van der Waals surface area contributed by atoms with Crippen LogP contribution in [-0.4, -0.2) is 82.1 Å². The van der Waals surface area contributed by atoms with E-state index < -0.39 is 5.97 Å². The number of carbonyl (C=O) groups excluding carboxylic acids is 3. The van der Waals surface area contributed by atoms with Crippen molar-refractivity contribution in [2.75, 3.05) is 36.8 Å². The highest BCUT2D eigenvalue weighted by molar-refractivity contribution is 7.12. The number of ether oxygens (including phenoxy) is 2. The Labute approximate surface area is 351 Å². The maximum Gasteiger partial charge on any atom is 0.328 e. The third kappa shape index (κ3) is 13.8. The van der Waals surface area contributed by atoms with Gasteiger partial charge in [-0.15, -0.1) is 47.5 Å². The molecule has 0 atom stereocenters. The van der Waals surface area contributed by atoms with Crippen LogP contribution in [0.4, 0.5) is 11.6 Å². The first-order valence-corrected chi connectivity index (χ1v) is 19.7. The molecule has 304 valence electrons. The lowest BCUT2D eigenvalue weighted by molar-refractivity contribution is -0.140.